The van der Waals surface area contributed by atoms with Crippen molar-refractivity contribution in [2.45, 2.75) is 0 Å². The first-order valence-electron chi connectivity index (χ1n) is 17.2. The van der Waals surface area contributed by atoms with Crippen LogP contribution in [-0.2, 0) is 0 Å². The molecule has 50 heavy (non-hydrogen) atoms. The van der Waals surface area contributed by atoms with Crippen LogP contribution < -0.4 is 25.6 Å². The summed E-state index contributed by atoms with van der Waals surface area (Å²) in [5.74, 6) is 0. The summed E-state index contributed by atoms with van der Waals surface area (Å²) in [5, 5.41) is 5.45. The Morgan fingerprint density at radius 2 is 0.660 bits per heavy atom. The molecule has 0 aromatic heterocycles. The van der Waals surface area contributed by atoms with Gasteiger partial charge in [-0.3, -0.25) is 0 Å². The summed E-state index contributed by atoms with van der Waals surface area (Å²) in [5.41, 5.74) is 8.12. The van der Waals surface area contributed by atoms with Crippen molar-refractivity contribution in [2.24, 2.45) is 0 Å². The Morgan fingerprint density at radius 3 is 1.14 bits per heavy atom. The molecule has 0 bridgehead atoms. The molecule has 0 fully saturated rings. The Balaban J connectivity index is 1.33. The van der Waals surface area contributed by atoms with Gasteiger partial charge in [-0.1, -0.05) is 188 Å². The van der Waals surface area contributed by atoms with Crippen molar-refractivity contribution in [3.8, 4) is 22.3 Å². The lowest BCUT2D eigenvalue weighted by molar-refractivity contribution is 1.28. The number of benzene rings is 8. The fourth-order valence-corrected chi connectivity index (χ4v) is 12.1. The van der Waals surface area contributed by atoms with Crippen molar-refractivity contribution in [2.75, 3.05) is 4.90 Å². The number of para-hydroxylation sites is 1. The maximum absolute atomic E-state index is 2.64. The second kappa shape index (κ2) is 14.1. The van der Waals surface area contributed by atoms with Crippen molar-refractivity contribution in [3.05, 3.63) is 224 Å². The van der Waals surface area contributed by atoms with Crippen LogP contribution in [0.2, 0.25) is 0 Å². The molecule has 0 radical (unpaired) electrons. The lowest BCUT2D eigenvalue weighted by Gasteiger charge is -2.35. The lowest BCUT2D eigenvalue weighted by atomic mass is 9.96. The van der Waals surface area contributed by atoms with Gasteiger partial charge in [0.25, 0.3) is 0 Å². The Morgan fingerprint density at radius 1 is 0.280 bits per heavy atom. The molecule has 0 saturated carbocycles. The van der Waals surface area contributed by atoms with Gasteiger partial charge in [-0.15, -0.1) is 0 Å². The first-order valence-corrected chi connectivity index (χ1v) is 19.2. The number of anilines is 3. The van der Waals surface area contributed by atoms with Crippen molar-refractivity contribution in [3.63, 3.8) is 0 Å². The molecular formula is C48H37NSi. The standard InChI is InChI=1S/C48H37NSi/c1-7-19-38(20-8-1)40-31-36-48(47(37-40)39-21-9-2-10-22-39)49(41-23-11-3-12-24-41)42-32-34-46(35-33-42)50(43-25-13-4-14-26-43,44-27-15-5-16-28-44)45-29-17-6-18-30-45/h1-37H. The highest BCUT2D eigenvalue weighted by atomic mass is 28.3. The van der Waals surface area contributed by atoms with Gasteiger partial charge in [-0.05, 0) is 73.8 Å². The number of nitrogens with zero attached hydrogens (tertiary/aromatic N) is 1. The Bertz CT molecular complexity index is 2180. The molecule has 8 aromatic carbocycles. The van der Waals surface area contributed by atoms with Crippen LogP contribution in [0.4, 0.5) is 17.1 Å². The van der Waals surface area contributed by atoms with Crippen LogP contribution in [0.1, 0.15) is 0 Å². The topological polar surface area (TPSA) is 3.24 Å². The molecule has 0 aliphatic carbocycles. The van der Waals surface area contributed by atoms with Crippen LogP contribution >= 0.6 is 0 Å². The molecule has 238 valence electrons. The second-order valence-electron chi connectivity index (χ2n) is 12.5. The highest BCUT2D eigenvalue weighted by molar-refractivity contribution is 7.19. The largest absolute Gasteiger partial charge is 0.310 e. The summed E-state index contributed by atoms with van der Waals surface area (Å²) < 4.78 is 0. The molecule has 1 nitrogen and oxygen atoms in total. The summed E-state index contributed by atoms with van der Waals surface area (Å²) >= 11 is 0. The van der Waals surface area contributed by atoms with Crippen molar-refractivity contribution >= 4 is 45.9 Å². The maximum atomic E-state index is 2.40. The van der Waals surface area contributed by atoms with E-state index in [1.807, 2.05) is 0 Å². The predicted molar refractivity (Wildman–Crippen MR) is 216 cm³/mol. The maximum Gasteiger partial charge on any atom is 0.179 e. The highest BCUT2D eigenvalue weighted by Gasteiger charge is 2.41. The molecule has 0 atom stereocenters. The minimum absolute atomic E-state index is 1.11. The molecule has 0 amide bonds. The minimum atomic E-state index is -2.64. The van der Waals surface area contributed by atoms with Crippen molar-refractivity contribution < 1.29 is 0 Å². The minimum Gasteiger partial charge on any atom is -0.310 e. The van der Waals surface area contributed by atoms with Gasteiger partial charge in [-0.25, -0.2) is 0 Å². The van der Waals surface area contributed by atoms with Gasteiger partial charge in [0.05, 0.1) is 5.69 Å². The Kier molecular flexibility index (Phi) is 8.76. The molecule has 0 N–H and O–H groups in total. The molecule has 8 aromatic rings. The van der Waals surface area contributed by atoms with Crippen LogP contribution in [-0.4, -0.2) is 8.07 Å². The average molecular weight is 656 g/mol. The fourth-order valence-electron chi connectivity index (χ4n) is 7.32. The number of hydrogen-bond acceptors (Lipinski definition) is 1. The highest BCUT2D eigenvalue weighted by Crippen LogP contribution is 2.42. The molecule has 0 saturated heterocycles. The van der Waals surface area contributed by atoms with Gasteiger partial charge in [0.2, 0.25) is 0 Å². The second-order valence-corrected chi connectivity index (χ2v) is 16.3. The predicted octanol–water partition coefficient (Wildman–Crippen LogP) is 9.87. The first-order chi connectivity index (χ1) is 24.8. The van der Waals surface area contributed by atoms with Crippen molar-refractivity contribution in [1.82, 2.24) is 0 Å². The summed E-state index contributed by atoms with van der Waals surface area (Å²) in [7, 11) is -2.64. The smallest absolute Gasteiger partial charge is 0.179 e. The Hall–Kier alpha value is -6.22. The summed E-state index contributed by atoms with van der Waals surface area (Å²) in [6.45, 7) is 0. The van der Waals surface area contributed by atoms with E-state index in [4.69, 9.17) is 0 Å². The lowest BCUT2D eigenvalue weighted by Crippen LogP contribution is -2.74. The normalized spacial score (nSPS) is 11.2. The quantitative estimate of drug-likeness (QED) is 0.111. The summed E-state index contributed by atoms with van der Waals surface area (Å²) in [4.78, 5) is 2.40. The summed E-state index contributed by atoms with van der Waals surface area (Å²) in [6.07, 6.45) is 0. The molecule has 0 unspecified atom stereocenters. The van der Waals surface area contributed by atoms with E-state index in [1.165, 1.54) is 43.0 Å². The first kappa shape index (κ1) is 31.1. The Labute approximate surface area is 296 Å². The van der Waals surface area contributed by atoms with E-state index in [-0.39, 0.29) is 0 Å². The average Bonchev–Trinajstić information content (AvgIpc) is 3.21. The van der Waals surface area contributed by atoms with E-state index in [9.17, 15) is 0 Å². The van der Waals surface area contributed by atoms with Crippen LogP contribution in [0, 0.1) is 0 Å². The van der Waals surface area contributed by atoms with Gasteiger partial charge >= 0.3 is 0 Å². The van der Waals surface area contributed by atoms with E-state index >= 15 is 0 Å². The summed E-state index contributed by atoms with van der Waals surface area (Å²) in [6, 6.07) is 81.7. The van der Waals surface area contributed by atoms with Crippen LogP contribution in [0.15, 0.2) is 224 Å². The number of rotatable bonds is 9. The van der Waals surface area contributed by atoms with E-state index in [1.54, 1.807) is 0 Å². The molecule has 8 rings (SSSR count). The third-order valence-electron chi connectivity index (χ3n) is 9.62. The fraction of sp³-hybridized carbons (Fsp3) is 0. The molecule has 0 aliphatic heterocycles. The van der Waals surface area contributed by atoms with Crippen molar-refractivity contribution in [1.29, 1.82) is 0 Å². The van der Waals surface area contributed by atoms with E-state index in [0.717, 1.165) is 17.1 Å². The van der Waals surface area contributed by atoms with Gasteiger partial charge in [0, 0.05) is 16.9 Å². The third-order valence-corrected chi connectivity index (χ3v) is 14.4. The van der Waals surface area contributed by atoms with E-state index in [0.29, 0.717) is 0 Å². The van der Waals surface area contributed by atoms with Gasteiger partial charge in [-0.2, -0.15) is 0 Å². The van der Waals surface area contributed by atoms with Crippen LogP contribution in [0.3, 0.4) is 0 Å². The van der Waals surface area contributed by atoms with Gasteiger partial charge in [0.1, 0.15) is 0 Å². The van der Waals surface area contributed by atoms with Gasteiger partial charge < -0.3 is 4.90 Å². The van der Waals surface area contributed by atoms with Crippen LogP contribution in [0.25, 0.3) is 22.3 Å². The third kappa shape index (κ3) is 5.87. The van der Waals surface area contributed by atoms with E-state index < -0.39 is 8.07 Å². The van der Waals surface area contributed by atoms with Gasteiger partial charge in [0.15, 0.2) is 8.07 Å². The molecular weight excluding hydrogens is 619 g/mol. The van der Waals surface area contributed by atoms with Crippen LogP contribution in [0.5, 0.6) is 0 Å². The number of hydrogen-bond donors (Lipinski definition) is 0. The molecule has 0 heterocycles. The monoisotopic (exact) mass is 655 g/mol. The molecule has 0 spiro atoms. The zero-order valence-corrected chi connectivity index (χ0v) is 28.8. The zero-order chi connectivity index (χ0) is 33.6. The SMILES string of the molecule is c1ccc(-c2ccc(N(c3ccccc3)c3ccc([Si](c4ccccc4)(c4ccccc4)c4ccccc4)cc3)c(-c3ccccc3)c2)cc1. The molecule has 2 heteroatoms. The van der Waals surface area contributed by atoms with E-state index in [2.05, 4.69) is 229 Å². The zero-order valence-electron chi connectivity index (χ0n) is 27.8. The molecule has 0 aliphatic rings.